The normalized spacial score (nSPS) is 10.0. The molecule has 0 saturated heterocycles. The van der Waals surface area contributed by atoms with Crippen molar-refractivity contribution < 1.29 is 14.3 Å². The highest BCUT2D eigenvalue weighted by Gasteiger charge is 2.08. The smallest absolute Gasteiger partial charge is 0.238 e. The minimum atomic E-state index is -0.0738. The van der Waals surface area contributed by atoms with Gasteiger partial charge in [0, 0.05) is 19.3 Å². The molecule has 0 unspecified atom stereocenters. The van der Waals surface area contributed by atoms with E-state index in [1.165, 1.54) is 0 Å². The number of rotatable bonds is 9. The van der Waals surface area contributed by atoms with Crippen molar-refractivity contribution in [1.29, 1.82) is 0 Å². The van der Waals surface area contributed by atoms with E-state index in [-0.39, 0.29) is 24.9 Å². The number of carbonyl (C=O) groups is 1. The van der Waals surface area contributed by atoms with E-state index in [9.17, 15) is 4.79 Å². The van der Waals surface area contributed by atoms with Gasteiger partial charge in [0.2, 0.25) is 5.91 Å². The fourth-order valence-corrected chi connectivity index (χ4v) is 2.22. The summed E-state index contributed by atoms with van der Waals surface area (Å²) in [4.78, 5) is 12.0. The molecular weight excluding hydrogens is 340 g/mol. The van der Waals surface area contributed by atoms with E-state index in [1.54, 1.807) is 7.11 Å². The molecule has 2 aromatic rings. The zero-order valence-corrected chi connectivity index (χ0v) is 15.4. The minimum Gasteiger partial charge on any atom is -0.489 e. The zero-order chi connectivity index (χ0) is 17.2. The Labute approximate surface area is 155 Å². The van der Waals surface area contributed by atoms with Crippen molar-refractivity contribution in [3.05, 3.63) is 59.7 Å². The highest BCUT2D eigenvalue weighted by molar-refractivity contribution is 5.93. The Hall–Kier alpha value is -2.08. The summed E-state index contributed by atoms with van der Waals surface area (Å²) in [6.45, 7) is 3.93. The molecule has 5 nitrogen and oxygen atoms in total. The molecule has 0 saturated carbocycles. The second-order valence-electron chi connectivity index (χ2n) is 5.41. The minimum absolute atomic E-state index is 0. The molecule has 0 aliphatic heterocycles. The molecule has 0 atom stereocenters. The molecule has 0 spiro atoms. The third-order valence-corrected chi connectivity index (χ3v) is 3.63. The Morgan fingerprint density at radius 2 is 1.84 bits per heavy atom. The molecule has 1 amide bonds. The van der Waals surface area contributed by atoms with Gasteiger partial charge in [0.05, 0.1) is 13.2 Å². The molecule has 0 bridgehead atoms. The predicted molar refractivity (Wildman–Crippen MR) is 103 cm³/mol. The zero-order valence-electron chi connectivity index (χ0n) is 14.6. The van der Waals surface area contributed by atoms with Gasteiger partial charge in [-0.3, -0.25) is 4.79 Å². The van der Waals surface area contributed by atoms with Crippen LogP contribution >= 0.6 is 12.4 Å². The van der Waals surface area contributed by atoms with Crippen molar-refractivity contribution in [2.45, 2.75) is 13.5 Å². The Bertz CT molecular complexity index is 650. The first-order valence-corrected chi connectivity index (χ1v) is 7.96. The van der Waals surface area contributed by atoms with Crippen LogP contribution in [-0.4, -0.2) is 32.7 Å². The predicted octanol–water partition coefficient (Wildman–Crippen LogP) is 3.17. The van der Waals surface area contributed by atoms with Crippen LogP contribution in [0.15, 0.2) is 48.5 Å². The third kappa shape index (κ3) is 7.13. The van der Waals surface area contributed by atoms with Crippen LogP contribution in [0.3, 0.4) is 0 Å². The number of para-hydroxylation sites is 1. The lowest BCUT2D eigenvalue weighted by atomic mass is 10.1. The molecule has 0 heterocycles. The summed E-state index contributed by atoms with van der Waals surface area (Å²) in [5.41, 5.74) is 2.87. The summed E-state index contributed by atoms with van der Waals surface area (Å²) in [7, 11) is 1.63. The van der Waals surface area contributed by atoms with Gasteiger partial charge < -0.3 is 20.1 Å². The molecule has 0 aliphatic rings. The first-order chi connectivity index (χ1) is 11.7. The standard InChI is InChI=1S/C19H24N2O3.ClH/c1-15-16(14-24-17-8-4-3-5-9-17)7-6-10-18(15)21-19(22)13-20-11-12-23-2;/h3-10,20H,11-14H2,1-2H3,(H,21,22);1H. The van der Waals surface area contributed by atoms with Gasteiger partial charge in [0.1, 0.15) is 12.4 Å². The van der Waals surface area contributed by atoms with Gasteiger partial charge in [0.15, 0.2) is 0 Å². The number of hydrogen-bond donors (Lipinski definition) is 2. The van der Waals surface area contributed by atoms with Crippen LogP contribution in [-0.2, 0) is 16.1 Å². The van der Waals surface area contributed by atoms with Gasteiger partial charge in [-0.2, -0.15) is 0 Å². The van der Waals surface area contributed by atoms with Gasteiger partial charge >= 0.3 is 0 Å². The summed E-state index contributed by atoms with van der Waals surface area (Å²) in [6.07, 6.45) is 0. The SMILES string of the molecule is COCCNCC(=O)Nc1cccc(COc2ccccc2)c1C.Cl. The number of halogens is 1. The van der Waals surface area contributed by atoms with Crippen molar-refractivity contribution >= 4 is 24.0 Å². The Balaban J connectivity index is 0.00000312. The molecule has 0 aromatic heterocycles. The van der Waals surface area contributed by atoms with Gasteiger partial charge in [-0.1, -0.05) is 30.3 Å². The molecule has 6 heteroatoms. The number of methoxy groups -OCH3 is 1. The van der Waals surface area contributed by atoms with Crippen LogP contribution in [0.25, 0.3) is 0 Å². The van der Waals surface area contributed by atoms with Crippen molar-refractivity contribution in [1.82, 2.24) is 5.32 Å². The first kappa shape index (κ1) is 21.0. The number of carbonyl (C=O) groups excluding carboxylic acids is 1. The average Bonchev–Trinajstić information content (AvgIpc) is 2.60. The van der Waals surface area contributed by atoms with Crippen molar-refractivity contribution in [2.75, 3.05) is 32.1 Å². The molecule has 2 aromatic carbocycles. The summed E-state index contributed by atoms with van der Waals surface area (Å²) < 4.78 is 10.7. The lowest BCUT2D eigenvalue weighted by Gasteiger charge is -2.13. The maximum atomic E-state index is 12.0. The number of amides is 1. The highest BCUT2D eigenvalue weighted by Crippen LogP contribution is 2.20. The molecule has 0 radical (unpaired) electrons. The van der Waals surface area contributed by atoms with E-state index >= 15 is 0 Å². The number of hydrogen-bond acceptors (Lipinski definition) is 4. The van der Waals surface area contributed by atoms with E-state index in [0.29, 0.717) is 19.8 Å². The second kappa shape index (κ2) is 11.5. The molecule has 136 valence electrons. The Morgan fingerprint density at radius 3 is 2.56 bits per heavy atom. The van der Waals surface area contributed by atoms with E-state index in [1.807, 2.05) is 55.5 Å². The van der Waals surface area contributed by atoms with E-state index in [2.05, 4.69) is 10.6 Å². The van der Waals surface area contributed by atoms with Crippen molar-refractivity contribution in [3.8, 4) is 5.75 Å². The largest absolute Gasteiger partial charge is 0.489 e. The topological polar surface area (TPSA) is 59.6 Å². The van der Waals surface area contributed by atoms with Crippen LogP contribution < -0.4 is 15.4 Å². The van der Waals surface area contributed by atoms with Crippen LogP contribution in [0.5, 0.6) is 5.75 Å². The molecular formula is C19H25ClN2O3. The summed E-state index contributed by atoms with van der Waals surface area (Å²) in [5, 5.41) is 5.95. The second-order valence-corrected chi connectivity index (χ2v) is 5.41. The first-order valence-electron chi connectivity index (χ1n) is 7.96. The average molecular weight is 365 g/mol. The van der Waals surface area contributed by atoms with Gasteiger partial charge in [-0.05, 0) is 36.2 Å². The molecule has 0 aliphatic carbocycles. The van der Waals surface area contributed by atoms with Crippen LogP contribution in [0.4, 0.5) is 5.69 Å². The number of anilines is 1. The molecule has 2 rings (SSSR count). The Morgan fingerprint density at radius 1 is 1.08 bits per heavy atom. The van der Waals surface area contributed by atoms with Crippen molar-refractivity contribution in [2.24, 2.45) is 0 Å². The summed E-state index contributed by atoms with van der Waals surface area (Å²) in [5.74, 6) is 0.754. The summed E-state index contributed by atoms with van der Waals surface area (Å²) in [6, 6.07) is 15.5. The lowest BCUT2D eigenvalue weighted by molar-refractivity contribution is -0.115. The van der Waals surface area contributed by atoms with Gasteiger partial charge in [-0.15, -0.1) is 12.4 Å². The van der Waals surface area contributed by atoms with Crippen LogP contribution in [0.1, 0.15) is 11.1 Å². The Kier molecular flexibility index (Phi) is 9.62. The number of nitrogens with one attached hydrogen (secondary N) is 2. The highest BCUT2D eigenvalue weighted by atomic mass is 35.5. The monoisotopic (exact) mass is 364 g/mol. The van der Waals surface area contributed by atoms with E-state index < -0.39 is 0 Å². The number of benzene rings is 2. The molecule has 0 fully saturated rings. The van der Waals surface area contributed by atoms with E-state index in [4.69, 9.17) is 9.47 Å². The van der Waals surface area contributed by atoms with Crippen molar-refractivity contribution in [3.63, 3.8) is 0 Å². The number of ether oxygens (including phenoxy) is 2. The summed E-state index contributed by atoms with van der Waals surface area (Å²) >= 11 is 0. The fourth-order valence-electron chi connectivity index (χ4n) is 2.22. The van der Waals surface area contributed by atoms with Crippen LogP contribution in [0, 0.1) is 6.92 Å². The molecule has 25 heavy (non-hydrogen) atoms. The van der Waals surface area contributed by atoms with Crippen LogP contribution in [0.2, 0.25) is 0 Å². The van der Waals surface area contributed by atoms with Gasteiger partial charge in [-0.25, -0.2) is 0 Å². The maximum Gasteiger partial charge on any atom is 0.238 e. The quantitative estimate of drug-likeness (QED) is 0.671. The van der Waals surface area contributed by atoms with E-state index in [0.717, 1.165) is 22.6 Å². The van der Waals surface area contributed by atoms with Gasteiger partial charge in [0.25, 0.3) is 0 Å². The molecule has 2 N–H and O–H groups in total. The maximum absolute atomic E-state index is 12.0. The fraction of sp³-hybridized carbons (Fsp3) is 0.316. The third-order valence-electron chi connectivity index (χ3n) is 3.63. The lowest BCUT2D eigenvalue weighted by Crippen LogP contribution is -2.30.